The quantitative estimate of drug-likeness (QED) is 0.311. The number of nitrogens with zero attached hydrogens (tertiary/aromatic N) is 4. The number of amides is 1. The Balaban J connectivity index is 1.73. The van der Waals surface area contributed by atoms with Gasteiger partial charge in [-0.2, -0.15) is 0 Å². The lowest BCUT2D eigenvalue weighted by atomic mass is 10.2. The Morgan fingerprint density at radius 1 is 1.26 bits per heavy atom. The summed E-state index contributed by atoms with van der Waals surface area (Å²) in [5, 5.41) is 12.2. The van der Waals surface area contributed by atoms with E-state index in [-0.39, 0.29) is 29.1 Å². The third-order valence-electron chi connectivity index (χ3n) is 5.08. The van der Waals surface area contributed by atoms with Crippen LogP contribution in [-0.4, -0.2) is 38.0 Å². The number of hydrogen-bond acceptors (Lipinski definition) is 9. The lowest BCUT2D eigenvalue weighted by Crippen LogP contribution is -2.43. The number of nitrogens with two attached hydrogens (primary N) is 1. The van der Waals surface area contributed by atoms with E-state index in [4.69, 9.17) is 5.73 Å². The van der Waals surface area contributed by atoms with E-state index in [1.807, 2.05) is 51.1 Å². The maximum atomic E-state index is 13.2. The van der Waals surface area contributed by atoms with E-state index in [2.05, 4.69) is 20.5 Å². The van der Waals surface area contributed by atoms with Gasteiger partial charge in [-0.15, -0.1) is 10.2 Å². The normalized spacial score (nSPS) is 11.1. The molecular formula is C23H31N7O3S2. The SMILES string of the molecule is CCCCn1c(N)c(N(CC(C)C)C(=O)CSc2nnc(NCc3ccccc3)s2)c(=O)[nH]c1=O. The first-order chi connectivity index (χ1) is 16.8. The molecule has 1 aromatic carbocycles. The van der Waals surface area contributed by atoms with Crippen LogP contribution in [0.25, 0.3) is 0 Å². The molecule has 2 aromatic heterocycles. The van der Waals surface area contributed by atoms with E-state index in [9.17, 15) is 14.4 Å². The molecule has 0 atom stereocenters. The summed E-state index contributed by atoms with van der Waals surface area (Å²) < 4.78 is 1.96. The highest BCUT2D eigenvalue weighted by atomic mass is 32.2. The van der Waals surface area contributed by atoms with Crippen LogP contribution >= 0.6 is 23.1 Å². The molecule has 12 heteroatoms. The monoisotopic (exact) mass is 517 g/mol. The summed E-state index contributed by atoms with van der Waals surface area (Å²) in [6.45, 7) is 7.17. The van der Waals surface area contributed by atoms with Crippen molar-refractivity contribution in [3.8, 4) is 0 Å². The molecule has 0 bridgehead atoms. The molecule has 2 heterocycles. The number of benzene rings is 1. The third kappa shape index (κ3) is 7.18. The van der Waals surface area contributed by atoms with Crippen molar-refractivity contribution in [2.75, 3.05) is 28.2 Å². The number of H-pyrrole nitrogens is 1. The maximum Gasteiger partial charge on any atom is 0.330 e. The van der Waals surface area contributed by atoms with Crippen LogP contribution in [0.2, 0.25) is 0 Å². The minimum atomic E-state index is -0.664. The fourth-order valence-corrected chi connectivity index (χ4v) is 5.00. The predicted octanol–water partition coefficient (Wildman–Crippen LogP) is 3.16. The minimum Gasteiger partial charge on any atom is -0.383 e. The predicted molar refractivity (Wildman–Crippen MR) is 142 cm³/mol. The first-order valence-corrected chi connectivity index (χ1v) is 13.3. The second-order valence-corrected chi connectivity index (χ2v) is 10.6. The molecule has 0 unspecified atom stereocenters. The van der Waals surface area contributed by atoms with Gasteiger partial charge >= 0.3 is 5.69 Å². The van der Waals surface area contributed by atoms with Crippen LogP contribution in [0.5, 0.6) is 0 Å². The van der Waals surface area contributed by atoms with Gasteiger partial charge in [-0.1, -0.05) is 80.6 Å². The Kier molecular flexibility index (Phi) is 9.49. The molecule has 0 radical (unpaired) electrons. The zero-order valence-electron chi connectivity index (χ0n) is 20.1. The topological polar surface area (TPSA) is 139 Å². The minimum absolute atomic E-state index is 0.00881. The Morgan fingerprint density at radius 3 is 2.69 bits per heavy atom. The summed E-state index contributed by atoms with van der Waals surface area (Å²) in [6, 6.07) is 9.94. The van der Waals surface area contributed by atoms with Gasteiger partial charge in [0.15, 0.2) is 10.0 Å². The average Bonchev–Trinajstić information content (AvgIpc) is 3.28. The van der Waals surface area contributed by atoms with Crippen molar-refractivity contribution in [3.05, 3.63) is 56.7 Å². The number of carbonyl (C=O) groups excluding carboxylic acids is 1. The van der Waals surface area contributed by atoms with Crippen LogP contribution in [0.15, 0.2) is 44.3 Å². The number of anilines is 3. The molecule has 4 N–H and O–H groups in total. The lowest BCUT2D eigenvalue weighted by Gasteiger charge is -2.26. The molecule has 0 saturated carbocycles. The second-order valence-electron chi connectivity index (χ2n) is 8.40. The molecule has 0 fully saturated rings. The number of aromatic amines is 1. The molecular weight excluding hydrogens is 486 g/mol. The Bertz CT molecular complexity index is 1240. The number of hydrogen-bond donors (Lipinski definition) is 3. The number of aromatic nitrogens is 4. The summed E-state index contributed by atoms with van der Waals surface area (Å²) >= 11 is 2.60. The van der Waals surface area contributed by atoms with Gasteiger partial charge in [0.2, 0.25) is 11.0 Å². The van der Waals surface area contributed by atoms with E-state index in [1.165, 1.54) is 32.6 Å². The number of nitrogen functional groups attached to an aromatic ring is 1. The first-order valence-electron chi connectivity index (χ1n) is 11.5. The fraction of sp³-hybridized carbons (Fsp3) is 0.435. The summed E-state index contributed by atoms with van der Waals surface area (Å²) in [5.74, 6) is -0.160. The molecule has 0 aliphatic heterocycles. The molecule has 0 aliphatic carbocycles. The highest BCUT2D eigenvalue weighted by molar-refractivity contribution is 8.01. The average molecular weight is 518 g/mol. The van der Waals surface area contributed by atoms with Gasteiger partial charge in [0.05, 0.1) is 5.75 Å². The van der Waals surface area contributed by atoms with Crippen molar-refractivity contribution in [1.82, 2.24) is 19.7 Å². The van der Waals surface area contributed by atoms with Crippen LogP contribution in [0.3, 0.4) is 0 Å². The van der Waals surface area contributed by atoms with Crippen LogP contribution in [0, 0.1) is 5.92 Å². The largest absolute Gasteiger partial charge is 0.383 e. The van der Waals surface area contributed by atoms with Crippen molar-refractivity contribution in [2.24, 2.45) is 5.92 Å². The molecule has 3 aromatic rings. The Labute approximate surface area is 212 Å². The summed E-state index contributed by atoms with van der Waals surface area (Å²) in [4.78, 5) is 41.9. The number of thioether (sulfide) groups is 1. The number of nitrogens with one attached hydrogen (secondary N) is 2. The van der Waals surface area contributed by atoms with E-state index in [1.54, 1.807) is 0 Å². The van der Waals surface area contributed by atoms with Crippen LogP contribution < -0.4 is 27.2 Å². The van der Waals surface area contributed by atoms with Crippen molar-refractivity contribution in [1.29, 1.82) is 0 Å². The van der Waals surface area contributed by atoms with Crippen LogP contribution in [0.4, 0.5) is 16.6 Å². The van der Waals surface area contributed by atoms with E-state index < -0.39 is 11.2 Å². The second kappa shape index (κ2) is 12.5. The van der Waals surface area contributed by atoms with E-state index >= 15 is 0 Å². The van der Waals surface area contributed by atoms with Gasteiger partial charge < -0.3 is 16.0 Å². The fourth-order valence-electron chi connectivity index (χ4n) is 3.37. The zero-order chi connectivity index (χ0) is 25.4. The molecule has 3 rings (SSSR count). The molecule has 0 aliphatic rings. The maximum absolute atomic E-state index is 13.2. The number of carbonyl (C=O) groups is 1. The molecule has 0 saturated heterocycles. The highest BCUT2D eigenvalue weighted by Gasteiger charge is 2.25. The molecule has 10 nitrogen and oxygen atoms in total. The van der Waals surface area contributed by atoms with Gasteiger partial charge in [-0.25, -0.2) is 4.79 Å². The van der Waals surface area contributed by atoms with Gasteiger partial charge in [0, 0.05) is 19.6 Å². The number of rotatable bonds is 12. The van der Waals surface area contributed by atoms with Crippen molar-refractivity contribution in [3.63, 3.8) is 0 Å². The van der Waals surface area contributed by atoms with Gasteiger partial charge in [-0.3, -0.25) is 19.1 Å². The molecule has 1 amide bonds. The smallest absolute Gasteiger partial charge is 0.330 e. The van der Waals surface area contributed by atoms with Crippen LogP contribution in [0.1, 0.15) is 39.2 Å². The van der Waals surface area contributed by atoms with E-state index in [0.717, 1.165) is 18.4 Å². The number of unbranched alkanes of at least 4 members (excludes halogenated alkanes) is 1. The molecule has 0 spiro atoms. The van der Waals surface area contributed by atoms with Crippen molar-refractivity contribution < 1.29 is 4.79 Å². The van der Waals surface area contributed by atoms with Gasteiger partial charge in [0.1, 0.15) is 5.82 Å². The third-order valence-corrected chi connectivity index (χ3v) is 7.08. The van der Waals surface area contributed by atoms with Gasteiger partial charge in [0.25, 0.3) is 5.56 Å². The molecule has 35 heavy (non-hydrogen) atoms. The zero-order valence-corrected chi connectivity index (χ0v) is 21.7. The van der Waals surface area contributed by atoms with Crippen molar-refractivity contribution in [2.45, 2.75) is 51.0 Å². The Morgan fingerprint density at radius 2 is 2.00 bits per heavy atom. The van der Waals surface area contributed by atoms with Crippen LogP contribution in [-0.2, 0) is 17.9 Å². The highest BCUT2D eigenvalue weighted by Crippen LogP contribution is 2.27. The van der Waals surface area contributed by atoms with E-state index in [0.29, 0.717) is 29.1 Å². The Hall–Kier alpha value is -3.12. The molecule has 188 valence electrons. The lowest BCUT2D eigenvalue weighted by molar-refractivity contribution is -0.116. The first kappa shape index (κ1) is 26.5. The summed E-state index contributed by atoms with van der Waals surface area (Å²) in [5.41, 5.74) is 6.15. The summed E-state index contributed by atoms with van der Waals surface area (Å²) in [6.07, 6.45) is 1.58. The van der Waals surface area contributed by atoms with Crippen molar-refractivity contribution >= 4 is 45.6 Å². The summed E-state index contributed by atoms with van der Waals surface area (Å²) in [7, 11) is 0. The standard InChI is InChI=1S/C23H31N7O3S2/c1-4-5-11-29-19(24)18(20(32)26-22(29)33)30(13-15(2)3)17(31)14-34-23-28-27-21(35-23)25-12-16-9-7-6-8-10-16/h6-10,15H,4-5,11-14,24H2,1-3H3,(H,25,27)(H,26,32,33). The van der Waals surface area contributed by atoms with Gasteiger partial charge in [-0.05, 0) is 17.9 Å².